The van der Waals surface area contributed by atoms with Crippen molar-refractivity contribution in [2.75, 3.05) is 6.61 Å². The highest BCUT2D eigenvalue weighted by atomic mass is 16.7. The average Bonchev–Trinajstić information content (AvgIpc) is 2.18. The Bertz CT molecular complexity index is 175. The predicted molar refractivity (Wildman–Crippen MR) is 48.6 cm³/mol. The van der Waals surface area contributed by atoms with Crippen molar-refractivity contribution in [3.05, 3.63) is 0 Å². The number of aliphatic hydroxyl groups excluding tert-OH is 3. The SMILES string of the molecule is CCCO[C@@H]1O[C@@H](C)[C@@H](O)[C@H](O)[C@@H]1O. The van der Waals surface area contributed by atoms with Crippen LogP contribution in [0.4, 0.5) is 0 Å². The van der Waals surface area contributed by atoms with Gasteiger partial charge < -0.3 is 24.8 Å². The molecule has 0 aromatic heterocycles. The van der Waals surface area contributed by atoms with Crippen molar-refractivity contribution in [2.24, 2.45) is 0 Å². The molecule has 5 atom stereocenters. The van der Waals surface area contributed by atoms with Crippen LogP contribution in [0.3, 0.4) is 0 Å². The maximum absolute atomic E-state index is 9.49. The fraction of sp³-hybridized carbons (Fsp3) is 1.00. The summed E-state index contributed by atoms with van der Waals surface area (Å²) in [6.07, 6.45) is -4.03. The van der Waals surface area contributed by atoms with E-state index in [1.165, 1.54) is 0 Å². The predicted octanol–water partition coefficient (Wildman–Crippen LogP) is -0.760. The van der Waals surface area contributed by atoms with Gasteiger partial charge in [-0.05, 0) is 13.3 Å². The number of aliphatic hydroxyl groups is 3. The molecule has 0 unspecified atom stereocenters. The van der Waals surface area contributed by atoms with Gasteiger partial charge in [-0.2, -0.15) is 0 Å². The van der Waals surface area contributed by atoms with E-state index in [-0.39, 0.29) is 0 Å². The number of ether oxygens (including phenoxy) is 2. The van der Waals surface area contributed by atoms with Crippen LogP contribution < -0.4 is 0 Å². The highest BCUT2D eigenvalue weighted by Crippen LogP contribution is 2.21. The fourth-order valence-electron chi connectivity index (χ4n) is 1.39. The van der Waals surface area contributed by atoms with Gasteiger partial charge in [-0.1, -0.05) is 6.92 Å². The van der Waals surface area contributed by atoms with Gasteiger partial charge in [-0.15, -0.1) is 0 Å². The van der Waals surface area contributed by atoms with Gasteiger partial charge in [0.2, 0.25) is 0 Å². The third kappa shape index (κ3) is 2.43. The number of hydrogen-bond donors (Lipinski definition) is 3. The molecule has 1 aliphatic heterocycles. The van der Waals surface area contributed by atoms with Crippen molar-refractivity contribution in [3.63, 3.8) is 0 Å². The summed E-state index contributed by atoms with van der Waals surface area (Å²) in [5, 5.41) is 28.3. The summed E-state index contributed by atoms with van der Waals surface area (Å²) in [5.74, 6) is 0. The average molecular weight is 206 g/mol. The second kappa shape index (κ2) is 5.04. The van der Waals surface area contributed by atoms with Crippen LogP contribution >= 0.6 is 0 Å². The van der Waals surface area contributed by atoms with Gasteiger partial charge in [0.15, 0.2) is 6.29 Å². The van der Waals surface area contributed by atoms with Gasteiger partial charge in [0.05, 0.1) is 6.10 Å². The molecule has 0 bridgehead atoms. The molecule has 1 fully saturated rings. The first-order chi connectivity index (χ1) is 6.57. The maximum Gasteiger partial charge on any atom is 0.186 e. The molecule has 1 saturated heterocycles. The lowest BCUT2D eigenvalue weighted by molar-refractivity contribution is -0.293. The Morgan fingerprint density at radius 3 is 2.36 bits per heavy atom. The molecule has 0 aromatic carbocycles. The van der Waals surface area contributed by atoms with E-state index >= 15 is 0 Å². The Morgan fingerprint density at radius 2 is 1.79 bits per heavy atom. The Hall–Kier alpha value is -0.200. The zero-order chi connectivity index (χ0) is 10.7. The van der Waals surface area contributed by atoms with E-state index in [0.717, 1.165) is 6.42 Å². The van der Waals surface area contributed by atoms with E-state index in [1.807, 2.05) is 6.92 Å². The molecule has 84 valence electrons. The van der Waals surface area contributed by atoms with Crippen LogP contribution in [0.1, 0.15) is 20.3 Å². The third-order valence-electron chi connectivity index (χ3n) is 2.29. The number of rotatable bonds is 3. The summed E-state index contributed by atoms with van der Waals surface area (Å²) in [7, 11) is 0. The van der Waals surface area contributed by atoms with E-state index in [0.29, 0.717) is 6.61 Å². The first-order valence-electron chi connectivity index (χ1n) is 4.89. The molecule has 14 heavy (non-hydrogen) atoms. The van der Waals surface area contributed by atoms with E-state index in [1.54, 1.807) is 6.92 Å². The summed E-state index contributed by atoms with van der Waals surface area (Å²) in [6.45, 7) is 4.02. The van der Waals surface area contributed by atoms with Crippen LogP contribution in [0, 0.1) is 0 Å². The van der Waals surface area contributed by atoms with Crippen LogP contribution in [0.15, 0.2) is 0 Å². The van der Waals surface area contributed by atoms with E-state index in [4.69, 9.17) is 9.47 Å². The van der Waals surface area contributed by atoms with E-state index < -0.39 is 30.7 Å². The van der Waals surface area contributed by atoms with Crippen LogP contribution in [-0.2, 0) is 9.47 Å². The monoisotopic (exact) mass is 206 g/mol. The first kappa shape index (κ1) is 11.9. The van der Waals surface area contributed by atoms with Crippen molar-refractivity contribution in [3.8, 4) is 0 Å². The first-order valence-corrected chi connectivity index (χ1v) is 4.89. The standard InChI is InChI=1S/C9H18O5/c1-3-4-13-9-8(12)7(11)6(10)5(2)14-9/h5-12H,3-4H2,1-2H3/t5-,6+,7-,8-,9+/m0/s1. The van der Waals surface area contributed by atoms with E-state index in [9.17, 15) is 15.3 Å². The molecule has 5 heteroatoms. The normalized spacial score (nSPS) is 43.9. The van der Waals surface area contributed by atoms with Crippen molar-refractivity contribution in [1.82, 2.24) is 0 Å². The molecule has 0 amide bonds. The zero-order valence-corrected chi connectivity index (χ0v) is 8.46. The summed E-state index contributed by atoms with van der Waals surface area (Å²) in [4.78, 5) is 0. The Kier molecular flexibility index (Phi) is 4.28. The molecule has 5 nitrogen and oxygen atoms in total. The lowest BCUT2D eigenvalue weighted by atomic mass is 10.0. The van der Waals surface area contributed by atoms with Gasteiger partial charge in [0.25, 0.3) is 0 Å². The topological polar surface area (TPSA) is 79.2 Å². The van der Waals surface area contributed by atoms with Crippen molar-refractivity contribution >= 4 is 0 Å². The molecule has 0 spiro atoms. The summed E-state index contributed by atoms with van der Waals surface area (Å²) < 4.78 is 10.4. The van der Waals surface area contributed by atoms with Gasteiger partial charge in [-0.3, -0.25) is 0 Å². The second-order valence-electron chi connectivity index (χ2n) is 3.55. The number of hydrogen-bond acceptors (Lipinski definition) is 5. The minimum atomic E-state index is -1.21. The van der Waals surface area contributed by atoms with Crippen LogP contribution in [0.25, 0.3) is 0 Å². The lowest BCUT2D eigenvalue weighted by Crippen LogP contribution is -2.57. The quantitative estimate of drug-likeness (QED) is 0.565. The maximum atomic E-state index is 9.49. The fourth-order valence-corrected chi connectivity index (χ4v) is 1.39. The van der Waals surface area contributed by atoms with Crippen molar-refractivity contribution in [1.29, 1.82) is 0 Å². The molecule has 1 aliphatic rings. The van der Waals surface area contributed by atoms with Crippen LogP contribution in [-0.4, -0.2) is 52.6 Å². The molecular formula is C9H18O5. The zero-order valence-electron chi connectivity index (χ0n) is 8.46. The lowest BCUT2D eigenvalue weighted by Gasteiger charge is -2.38. The Morgan fingerprint density at radius 1 is 1.14 bits per heavy atom. The Balaban J connectivity index is 2.52. The highest BCUT2D eigenvalue weighted by molar-refractivity contribution is 4.86. The smallest absolute Gasteiger partial charge is 0.186 e. The van der Waals surface area contributed by atoms with Crippen LogP contribution in [0.2, 0.25) is 0 Å². The Labute approximate surface area is 83.3 Å². The van der Waals surface area contributed by atoms with Crippen LogP contribution in [0.5, 0.6) is 0 Å². The van der Waals surface area contributed by atoms with Gasteiger partial charge in [0.1, 0.15) is 18.3 Å². The largest absolute Gasteiger partial charge is 0.388 e. The van der Waals surface area contributed by atoms with Crippen molar-refractivity contribution < 1.29 is 24.8 Å². The molecule has 0 radical (unpaired) electrons. The summed E-state index contributed by atoms with van der Waals surface area (Å²) >= 11 is 0. The molecule has 0 aliphatic carbocycles. The molecule has 1 rings (SSSR count). The third-order valence-corrected chi connectivity index (χ3v) is 2.29. The molecular weight excluding hydrogens is 188 g/mol. The van der Waals surface area contributed by atoms with Gasteiger partial charge >= 0.3 is 0 Å². The van der Waals surface area contributed by atoms with Gasteiger partial charge in [-0.25, -0.2) is 0 Å². The minimum Gasteiger partial charge on any atom is -0.388 e. The minimum absolute atomic E-state index is 0.456. The molecule has 0 saturated carbocycles. The molecule has 3 N–H and O–H groups in total. The van der Waals surface area contributed by atoms with E-state index in [2.05, 4.69) is 0 Å². The summed E-state index contributed by atoms with van der Waals surface area (Å²) in [5.41, 5.74) is 0. The van der Waals surface area contributed by atoms with Crippen molar-refractivity contribution in [2.45, 2.75) is 51.0 Å². The molecule has 1 heterocycles. The second-order valence-corrected chi connectivity index (χ2v) is 3.55. The van der Waals surface area contributed by atoms with Gasteiger partial charge in [0, 0.05) is 6.61 Å². The summed E-state index contributed by atoms with van der Waals surface area (Å²) in [6, 6.07) is 0. The molecule has 0 aromatic rings. The highest BCUT2D eigenvalue weighted by Gasteiger charge is 2.42.